The highest BCUT2D eigenvalue weighted by Crippen LogP contribution is 2.36. The Morgan fingerprint density at radius 1 is 1.19 bits per heavy atom. The second kappa shape index (κ2) is 6.50. The van der Waals surface area contributed by atoms with E-state index in [0.717, 1.165) is 11.4 Å². The highest BCUT2D eigenvalue weighted by atomic mass is 16.1. The van der Waals surface area contributed by atoms with Crippen LogP contribution in [0.3, 0.4) is 0 Å². The van der Waals surface area contributed by atoms with Crippen LogP contribution in [-0.4, -0.2) is 11.9 Å². The van der Waals surface area contributed by atoms with E-state index in [9.17, 15) is 4.79 Å². The van der Waals surface area contributed by atoms with Crippen LogP contribution in [0.5, 0.6) is 0 Å². The van der Waals surface area contributed by atoms with Crippen LogP contribution in [-0.2, 0) is 4.79 Å². The van der Waals surface area contributed by atoms with Gasteiger partial charge in [0.05, 0.1) is 0 Å². The van der Waals surface area contributed by atoms with Gasteiger partial charge in [0, 0.05) is 23.3 Å². The lowest BCUT2D eigenvalue weighted by atomic mass is 9.75. The maximum Gasteiger partial charge on any atom is 0.226 e. The zero-order chi connectivity index (χ0) is 15.5. The van der Waals surface area contributed by atoms with Gasteiger partial charge in [-0.1, -0.05) is 34.1 Å². The molecule has 2 N–H and O–H groups in total. The molecule has 1 amide bonds. The molecule has 0 bridgehead atoms. The quantitative estimate of drug-likeness (QED) is 0.846. The van der Waals surface area contributed by atoms with Crippen LogP contribution in [0.1, 0.15) is 53.4 Å². The minimum Gasteiger partial charge on any atom is -0.382 e. The fourth-order valence-corrected chi connectivity index (χ4v) is 2.99. The Morgan fingerprint density at radius 2 is 1.81 bits per heavy atom. The van der Waals surface area contributed by atoms with Crippen molar-refractivity contribution in [1.29, 1.82) is 0 Å². The zero-order valence-electron chi connectivity index (χ0n) is 13.7. The Morgan fingerprint density at radius 3 is 2.38 bits per heavy atom. The number of anilines is 2. The van der Waals surface area contributed by atoms with Gasteiger partial charge >= 0.3 is 0 Å². The fourth-order valence-electron chi connectivity index (χ4n) is 2.99. The summed E-state index contributed by atoms with van der Waals surface area (Å²) < 4.78 is 0. The van der Waals surface area contributed by atoms with Crippen molar-refractivity contribution in [2.24, 2.45) is 11.3 Å². The number of hydrogen-bond acceptors (Lipinski definition) is 2. The van der Waals surface area contributed by atoms with Crippen LogP contribution in [0.15, 0.2) is 24.3 Å². The molecule has 21 heavy (non-hydrogen) atoms. The second-order valence-electron chi connectivity index (χ2n) is 7.32. The van der Waals surface area contributed by atoms with Crippen molar-refractivity contribution >= 4 is 17.3 Å². The van der Waals surface area contributed by atoms with Crippen molar-refractivity contribution in [2.75, 3.05) is 10.6 Å². The molecule has 1 unspecified atom stereocenters. The Bertz CT molecular complexity index is 476. The van der Waals surface area contributed by atoms with Crippen molar-refractivity contribution in [3.05, 3.63) is 24.3 Å². The van der Waals surface area contributed by atoms with Gasteiger partial charge in [-0.25, -0.2) is 0 Å². The molecule has 116 valence electrons. The largest absolute Gasteiger partial charge is 0.382 e. The van der Waals surface area contributed by atoms with Gasteiger partial charge in [-0.15, -0.1) is 0 Å². The van der Waals surface area contributed by atoms with E-state index in [0.29, 0.717) is 11.5 Å². The molecule has 0 heterocycles. The average molecular weight is 288 g/mol. The third kappa shape index (κ3) is 4.76. The third-order valence-corrected chi connectivity index (χ3v) is 4.25. The average Bonchev–Trinajstić information content (AvgIpc) is 2.39. The molecule has 0 aromatic heterocycles. The normalized spacial score (nSPS) is 21.1. The Hall–Kier alpha value is -1.51. The van der Waals surface area contributed by atoms with Crippen molar-refractivity contribution in [3.8, 4) is 0 Å². The van der Waals surface area contributed by atoms with E-state index < -0.39 is 0 Å². The van der Waals surface area contributed by atoms with Crippen LogP contribution in [0, 0.1) is 11.3 Å². The molecule has 0 saturated heterocycles. The SMILES string of the molecule is CC(C)C(=O)Nc1ccc(NC2CCCC(C)(C)C2)cc1. The van der Waals surface area contributed by atoms with E-state index in [1.54, 1.807) is 0 Å². The Kier molecular flexibility index (Phi) is 4.92. The number of benzene rings is 1. The third-order valence-electron chi connectivity index (χ3n) is 4.25. The van der Waals surface area contributed by atoms with Gasteiger partial charge in [0.2, 0.25) is 5.91 Å². The summed E-state index contributed by atoms with van der Waals surface area (Å²) in [5.41, 5.74) is 2.45. The molecule has 0 spiro atoms. The summed E-state index contributed by atoms with van der Waals surface area (Å²) in [5, 5.41) is 6.55. The molecule has 0 radical (unpaired) electrons. The maximum absolute atomic E-state index is 11.7. The summed E-state index contributed by atoms with van der Waals surface area (Å²) >= 11 is 0. The van der Waals surface area contributed by atoms with E-state index in [4.69, 9.17) is 0 Å². The van der Waals surface area contributed by atoms with Crippen molar-refractivity contribution in [3.63, 3.8) is 0 Å². The summed E-state index contributed by atoms with van der Waals surface area (Å²) in [4.78, 5) is 11.7. The van der Waals surface area contributed by atoms with E-state index >= 15 is 0 Å². The van der Waals surface area contributed by atoms with Gasteiger partial charge in [-0.3, -0.25) is 4.79 Å². The standard InChI is InChI=1S/C18H28N2O/c1-13(2)17(21)20-15-9-7-14(8-10-15)19-16-6-5-11-18(3,4)12-16/h7-10,13,16,19H,5-6,11-12H2,1-4H3,(H,20,21). The molecular formula is C18H28N2O. The topological polar surface area (TPSA) is 41.1 Å². The Labute approximate surface area is 128 Å². The number of nitrogens with one attached hydrogen (secondary N) is 2. The molecule has 1 aromatic carbocycles. The molecule has 1 aromatic rings. The number of amides is 1. The van der Waals surface area contributed by atoms with Gasteiger partial charge in [0.15, 0.2) is 0 Å². The summed E-state index contributed by atoms with van der Waals surface area (Å²) in [6.45, 7) is 8.50. The first kappa shape index (κ1) is 15.9. The minimum absolute atomic E-state index is 0.00673. The van der Waals surface area contributed by atoms with Crippen molar-refractivity contribution in [1.82, 2.24) is 0 Å². The molecule has 1 aliphatic carbocycles. The molecule has 1 fully saturated rings. The summed E-state index contributed by atoms with van der Waals surface area (Å²) in [5.74, 6) is 0.0667. The molecular weight excluding hydrogens is 260 g/mol. The van der Waals surface area contributed by atoms with Gasteiger partial charge in [-0.05, 0) is 48.9 Å². The second-order valence-corrected chi connectivity index (χ2v) is 7.32. The zero-order valence-corrected chi connectivity index (χ0v) is 13.7. The smallest absolute Gasteiger partial charge is 0.226 e. The van der Waals surface area contributed by atoms with Crippen LogP contribution >= 0.6 is 0 Å². The van der Waals surface area contributed by atoms with E-state index in [1.807, 2.05) is 26.0 Å². The lowest BCUT2D eigenvalue weighted by molar-refractivity contribution is -0.118. The number of carbonyl (C=O) groups is 1. The fraction of sp³-hybridized carbons (Fsp3) is 0.611. The monoisotopic (exact) mass is 288 g/mol. The van der Waals surface area contributed by atoms with Crippen LogP contribution in [0.25, 0.3) is 0 Å². The summed E-state index contributed by atoms with van der Waals surface area (Å²) in [6.07, 6.45) is 5.09. The van der Waals surface area contributed by atoms with Crippen LogP contribution in [0.2, 0.25) is 0 Å². The molecule has 1 saturated carbocycles. The lowest BCUT2D eigenvalue weighted by Gasteiger charge is -2.36. The summed E-state index contributed by atoms with van der Waals surface area (Å²) in [6, 6.07) is 8.60. The van der Waals surface area contributed by atoms with Crippen molar-refractivity contribution < 1.29 is 4.79 Å². The number of hydrogen-bond donors (Lipinski definition) is 2. The van der Waals surface area contributed by atoms with E-state index in [-0.39, 0.29) is 11.8 Å². The predicted molar refractivity (Wildman–Crippen MR) is 89.6 cm³/mol. The van der Waals surface area contributed by atoms with E-state index in [2.05, 4.69) is 36.6 Å². The molecule has 2 rings (SSSR count). The number of rotatable bonds is 4. The molecule has 3 heteroatoms. The first-order chi connectivity index (χ1) is 9.85. The van der Waals surface area contributed by atoms with Gasteiger partial charge < -0.3 is 10.6 Å². The Balaban J connectivity index is 1.92. The first-order valence-electron chi connectivity index (χ1n) is 8.03. The maximum atomic E-state index is 11.7. The van der Waals surface area contributed by atoms with Gasteiger partial charge in [-0.2, -0.15) is 0 Å². The molecule has 3 nitrogen and oxygen atoms in total. The number of carbonyl (C=O) groups excluding carboxylic acids is 1. The molecule has 1 aliphatic rings. The summed E-state index contributed by atoms with van der Waals surface area (Å²) in [7, 11) is 0. The van der Waals surface area contributed by atoms with Crippen molar-refractivity contribution in [2.45, 2.75) is 59.4 Å². The highest BCUT2D eigenvalue weighted by Gasteiger charge is 2.27. The van der Waals surface area contributed by atoms with E-state index in [1.165, 1.54) is 25.7 Å². The lowest BCUT2D eigenvalue weighted by Crippen LogP contribution is -2.31. The van der Waals surface area contributed by atoms with Gasteiger partial charge in [0.25, 0.3) is 0 Å². The highest BCUT2D eigenvalue weighted by molar-refractivity contribution is 5.92. The molecule has 0 aliphatic heterocycles. The minimum atomic E-state index is 0.00673. The van der Waals surface area contributed by atoms with Gasteiger partial charge in [0.1, 0.15) is 0 Å². The predicted octanol–water partition coefficient (Wildman–Crippen LogP) is 4.66. The molecule has 1 atom stereocenters. The van der Waals surface area contributed by atoms with Crippen LogP contribution in [0.4, 0.5) is 11.4 Å². The van der Waals surface area contributed by atoms with Crippen LogP contribution < -0.4 is 10.6 Å². The first-order valence-corrected chi connectivity index (χ1v) is 8.03.